The van der Waals surface area contributed by atoms with Crippen molar-refractivity contribution in [2.75, 3.05) is 19.7 Å². The van der Waals surface area contributed by atoms with Gasteiger partial charge in [-0.25, -0.2) is 0 Å². The third kappa shape index (κ3) is 6.13. The first kappa shape index (κ1) is 32.4. The molecular weight excluding hydrogens is 550 g/mol. The van der Waals surface area contributed by atoms with E-state index in [9.17, 15) is 24.3 Å². The molecular formula is C33H45N3O7. The Morgan fingerprint density at radius 1 is 1.23 bits per heavy atom. The SMILES string of the molecule is C=CCCC(=O)N[C@@H](C)[C@H](OC(=O)[C@@H]1[C@@H]2CC[C@]3(O2)[C@H](C(=O)N(CC=C)C(C)(C)C)N(CCO)C(=O)[C@@H]13)c1ccccc1. The number of ether oxygens (including phenoxy) is 2. The van der Waals surface area contributed by atoms with Gasteiger partial charge in [-0.3, -0.25) is 19.2 Å². The lowest BCUT2D eigenvalue weighted by Crippen LogP contribution is -2.60. The van der Waals surface area contributed by atoms with Gasteiger partial charge in [0.1, 0.15) is 17.7 Å². The number of nitrogens with zero attached hydrogens (tertiary/aromatic N) is 2. The number of aliphatic hydroxyl groups is 1. The molecule has 0 aliphatic carbocycles. The first-order valence-corrected chi connectivity index (χ1v) is 15.1. The minimum Gasteiger partial charge on any atom is -0.455 e. The highest BCUT2D eigenvalue weighted by Gasteiger charge is 2.75. The zero-order valence-corrected chi connectivity index (χ0v) is 25.7. The lowest BCUT2D eigenvalue weighted by molar-refractivity contribution is -0.162. The average Bonchev–Trinajstić information content (AvgIpc) is 3.60. The van der Waals surface area contributed by atoms with E-state index in [1.807, 2.05) is 51.1 Å². The maximum absolute atomic E-state index is 14.2. The molecule has 3 heterocycles. The van der Waals surface area contributed by atoms with Crippen LogP contribution in [0.15, 0.2) is 55.6 Å². The Morgan fingerprint density at radius 2 is 1.93 bits per heavy atom. The molecule has 0 radical (unpaired) electrons. The van der Waals surface area contributed by atoms with Crippen molar-refractivity contribution in [3.8, 4) is 0 Å². The van der Waals surface area contributed by atoms with Gasteiger partial charge in [-0.05, 0) is 52.5 Å². The van der Waals surface area contributed by atoms with E-state index in [0.717, 1.165) is 0 Å². The van der Waals surface area contributed by atoms with E-state index in [4.69, 9.17) is 9.47 Å². The van der Waals surface area contributed by atoms with Gasteiger partial charge in [-0.1, -0.05) is 42.5 Å². The summed E-state index contributed by atoms with van der Waals surface area (Å²) in [5, 5.41) is 12.8. The fourth-order valence-corrected chi connectivity index (χ4v) is 6.96. The first-order valence-electron chi connectivity index (χ1n) is 15.1. The van der Waals surface area contributed by atoms with Crippen LogP contribution in [0.1, 0.15) is 65.0 Å². The zero-order valence-electron chi connectivity index (χ0n) is 25.7. The number of carbonyl (C=O) groups excluding carboxylic acids is 4. The van der Waals surface area contributed by atoms with Crippen molar-refractivity contribution >= 4 is 23.7 Å². The molecule has 7 atom stereocenters. The minimum absolute atomic E-state index is 0.0598. The standard InChI is InChI=1S/C33H45N3O7/c1-7-9-15-24(38)34-21(3)27(22-13-11-10-12-14-22)42-31(41)25-23-16-17-33(43-23)26(25)29(39)35(19-20-37)28(33)30(40)36(18-8-2)32(4,5)6/h7-8,10-14,21,23,25-28,37H,1-2,9,15-20H2,3-6H3,(H,34,38)/t21-,23-,25+,26+,27-,28-,33+/m0/s1. The van der Waals surface area contributed by atoms with Crippen LogP contribution in [-0.2, 0) is 28.7 Å². The van der Waals surface area contributed by atoms with E-state index in [-0.39, 0.29) is 37.9 Å². The largest absolute Gasteiger partial charge is 0.455 e. The van der Waals surface area contributed by atoms with Crippen molar-refractivity contribution in [2.24, 2.45) is 11.8 Å². The van der Waals surface area contributed by atoms with Gasteiger partial charge >= 0.3 is 5.97 Å². The van der Waals surface area contributed by atoms with Crippen molar-refractivity contribution < 1.29 is 33.8 Å². The van der Waals surface area contributed by atoms with E-state index >= 15 is 0 Å². The van der Waals surface area contributed by atoms with Crippen molar-refractivity contribution in [3.63, 3.8) is 0 Å². The summed E-state index contributed by atoms with van der Waals surface area (Å²) in [6.45, 7) is 14.8. The molecule has 1 spiro atoms. The molecule has 1 aromatic carbocycles. The molecule has 3 fully saturated rings. The van der Waals surface area contributed by atoms with E-state index in [2.05, 4.69) is 18.5 Å². The Kier molecular flexibility index (Phi) is 9.81. The summed E-state index contributed by atoms with van der Waals surface area (Å²) in [6.07, 6.45) is 3.59. The number of nitrogens with one attached hydrogen (secondary N) is 1. The summed E-state index contributed by atoms with van der Waals surface area (Å²) in [4.78, 5) is 57.8. The molecule has 3 amide bonds. The maximum Gasteiger partial charge on any atom is 0.313 e. The molecule has 3 aliphatic heterocycles. The monoisotopic (exact) mass is 595 g/mol. The van der Waals surface area contributed by atoms with Crippen molar-refractivity contribution in [1.29, 1.82) is 0 Å². The average molecular weight is 596 g/mol. The summed E-state index contributed by atoms with van der Waals surface area (Å²) in [7, 11) is 0. The number of benzene rings is 1. The number of carbonyl (C=O) groups is 4. The van der Waals surface area contributed by atoms with Crippen LogP contribution in [0.25, 0.3) is 0 Å². The van der Waals surface area contributed by atoms with Crippen LogP contribution in [0.3, 0.4) is 0 Å². The van der Waals surface area contributed by atoms with E-state index in [0.29, 0.717) is 24.8 Å². The van der Waals surface area contributed by atoms with E-state index in [1.165, 1.54) is 4.90 Å². The van der Waals surface area contributed by atoms with E-state index < -0.39 is 59.1 Å². The highest BCUT2D eigenvalue weighted by atomic mass is 16.6. The van der Waals surface area contributed by atoms with Gasteiger partial charge in [-0.15, -0.1) is 13.2 Å². The Balaban J connectivity index is 1.65. The second-order valence-corrected chi connectivity index (χ2v) is 12.7. The van der Waals surface area contributed by atoms with Gasteiger partial charge in [-0.2, -0.15) is 0 Å². The highest BCUT2D eigenvalue weighted by molar-refractivity contribution is 5.98. The van der Waals surface area contributed by atoms with Gasteiger partial charge < -0.3 is 29.7 Å². The molecule has 4 rings (SSSR count). The van der Waals surface area contributed by atoms with Crippen molar-refractivity contribution in [1.82, 2.24) is 15.1 Å². The minimum atomic E-state index is -1.21. The number of β-amino-alcohol motifs (C(OH)–C–C–N with tert-alkyl or cyclic N) is 1. The van der Waals surface area contributed by atoms with E-state index in [1.54, 1.807) is 24.0 Å². The maximum atomic E-state index is 14.2. The van der Waals surface area contributed by atoms with Gasteiger partial charge in [0.25, 0.3) is 0 Å². The Morgan fingerprint density at radius 3 is 2.53 bits per heavy atom. The fourth-order valence-electron chi connectivity index (χ4n) is 6.96. The quantitative estimate of drug-likeness (QED) is 0.265. The van der Waals surface area contributed by atoms with Crippen LogP contribution >= 0.6 is 0 Å². The third-order valence-corrected chi connectivity index (χ3v) is 8.82. The lowest BCUT2D eigenvalue weighted by atomic mass is 9.70. The smallest absolute Gasteiger partial charge is 0.313 e. The molecule has 0 unspecified atom stereocenters. The van der Waals surface area contributed by atoms with Gasteiger partial charge in [0.2, 0.25) is 17.7 Å². The summed E-state index contributed by atoms with van der Waals surface area (Å²) in [6, 6.07) is 7.59. The van der Waals surface area contributed by atoms with Gasteiger partial charge in [0.15, 0.2) is 0 Å². The van der Waals surface area contributed by atoms with Crippen molar-refractivity contribution in [2.45, 2.75) is 88.8 Å². The fraction of sp³-hybridized carbons (Fsp3) is 0.576. The summed E-state index contributed by atoms with van der Waals surface area (Å²) in [5.74, 6) is -3.37. The molecule has 10 heteroatoms. The van der Waals surface area contributed by atoms with Crippen LogP contribution in [0.4, 0.5) is 0 Å². The molecule has 2 N–H and O–H groups in total. The second-order valence-electron chi connectivity index (χ2n) is 12.7. The normalized spacial score (nSPS) is 27.3. The molecule has 3 aliphatic rings. The van der Waals surface area contributed by atoms with Crippen LogP contribution in [-0.4, -0.2) is 87.6 Å². The number of rotatable bonds is 13. The lowest BCUT2D eigenvalue weighted by Gasteiger charge is -2.41. The molecule has 10 nitrogen and oxygen atoms in total. The predicted molar refractivity (Wildman–Crippen MR) is 160 cm³/mol. The summed E-state index contributed by atoms with van der Waals surface area (Å²) >= 11 is 0. The Hall–Kier alpha value is -3.50. The van der Waals surface area contributed by atoms with Crippen LogP contribution in [0, 0.1) is 11.8 Å². The van der Waals surface area contributed by atoms with Crippen molar-refractivity contribution in [3.05, 3.63) is 61.2 Å². The summed E-state index contributed by atoms with van der Waals surface area (Å²) < 4.78 is 12.6. The number of aliphatic hydroxyl groups excluding tert-OH is 1. The number of amides is 3. The number of hydrogen-bond donors (Lipinski definition) is 2. The number of likely N-dealkylation sites (tertiary alicyclic amines) is 1. The summed E-state index contributed by atoms with van der Waals surface area (Å²) in [5.41, 5.74) is -1.09. The second kappa shape index (κ2) is 13.0. The Labute approximate surface area is 254 Å². The van der Waals surface area contributed by atoms with Crippen LogP contribution < -0.4 is 5.32 Å². The van der Waals surface area contributed by atoms with Gasteiger partial charge in [0.05, 0.1) is 30.6 Å². The number of hydrogen-bond acceptors (Lipinski definition) is 7. The molecule has 0 saturated carbocycles. The molecule has 234 valence electrons. The molecule has 43 heavy (non-hydrogen) atoms. The number of esters is 1. The molecule has 1 aromatic rings. The zero-order chi connectivity index (χ0) is 31.5. The molecule has 0 aromatic heterocycles. The molecule has 3 saturated heterocycles. The number of allylic oxidation sites excluding steroid dienone is 1. The third-order valence-electron chi connectivity index (χ3n) is 8.82. The highest BCUT2D eigenvalue weighted by Crippen LogP contribution is 2.59. The molecule has 2 bridgehead atoms. The topological polar surface area (TPSA) is 125 Å². The van der Waals surface area contributed by atoms with Crippen LogP contribution in [0.5, 0.6) is 0 Å². The predicted octanol–water partition coefficient (Wildman–Crippen LogP) is 2.92. The van der Waals surface area contributed by atoms with Crippen LogP contribution in [0.2, 0.25) is 0 Å². The number of fused-ring (bicyclic) bond motifs is 1. The first-order chi connectivity index (χ1) is 20.4. The van der Waals surface area contributed by atoms with Gasteiger partial charge in [0, 0.05) is 25.0 Å². The Bertz CT molecular complexity index is 1230.